The van der Waals surface area contributed by atoms with Gasteiger partial charge in [-0.3, -0.25) is 0 Å². The lowest BCUT2D eigenvalue weighted by Gasteiger charge is -2.33. The maximum absolute atomic E-state index is 14.1. The topological polar surface area (TPSA) is 46.5 Å². The Labute approximate surface area is 115 Å². The van der Waals surface area contributed by atoms with E-state index in [0.29, 0.717) is 0 Å². The maximum Gasteiger partial charge on any atom is 0.380 e. The normalized spacial score (nSPS) is 14.8. The molecular weight excluding hydrogens is 278 g/mol. The number of rotatable bonds is 5. The average molecular weight is 293 g/mol. The zero-order valence-electron chi connectivity index (χ0n) is 10.6. The molecule has 0 bridgehead atoms. The van der Waals surface area contributed by atoms with Crippen LogP contribution in [0.1, 0.15) is 25.8 Å². The van der Waals surface area contributed by atoms with Gasteiger partial charge >= 0.3 is 11.9 Å². The number of halogens is 3. The predicted molar refractivity (Wildman–Crippen MR) is 67.2 cm³/mol. The molecule has 0 amide bonds. The van der Waals surface area contributed by atoms with Gasteiger partial charge in [-0.05, 0) is 31.0 Å². The molecule has 1 atom stereocenters. The molecular formula is C13H15ClF2O3. The van der Waals surface area contributed by atoms with Crippen LogP contribution in [0, 0.1) is 0 Å². The summed E-state index contributed by atoms with van der Waals surface area (Å²) in [6, 6.07) is 5.42. The number of alkyl halides is 2. The van der Waals surface area contributed by atoms with E-state index in [4.69, 9.17) is 11.6 Å². The number of aliphatic hydroxyl groups is 1. The minimum atomic E-state index is -4.05. The second kappa shape index (κ2) is 5.84. The van der Waals surface area contributed by atoms with Crippen molar-refractivity contribution in [3.8, 4) is 0 Å². The van der Waals surface area contributed by atoms with Gasteiger partial charge in [-0.25, -0.2) is 4.79 Å². The van der Waals surface area contributed by atoms with Crippen molar-refractivity contribution in [1.82, 2.24) is 0 Å². The van der Waals surface area contributed by atoms with Gasteiger partial charge in [0, 0.05) is 5.02 Å². The summed E-state index contributed by atoms with van der Waals surface area (Å²) in [4.78, 5) is 11.4. The minimum Gasteiger partial charge on any atom is -0.461 e. The van der Waals surface area contributed by atoms with Crippen LogP contribution in [0.15, 0.2) is 24.3 Å². The monoisotopic (exact) mass is 292 g/mol. The first-order chi connectivity index (χ1) is 8.79. The summed E-state index contributed by atoms with van der Waals surface area (Å²) in [5.74, 6) is -5.80. The number of benzene rings is 1. The quantitative estimate of drug-likeness (QED) is 0.848. The first kappa shape index (κ1) is 15.9. The lowest BCUT2D eigenvalue weighted by molar-refractivity contribution is -0.218. The highest BCUT2D eigenvalue weighted by atomic mass is 35.5. The summed E-state index contributed by atoms with van der Waals surface area (Å²) in [6.45, 7) is 2.58. The molecule has 0 aliphatic heterocycles. The number of carbonyl (C=O) groups is 1. The van der Waals surface area contributed by atoms with Crippen LogP contribution in [0.5, 0.6) is 0 Å². The molecule has 0 aliphatic rings. The molecule has 0 saturated carbocycles. The van der Waals surface area contributed by atoms with E-state index in [-0.39, 0.29) is 23.6 Å². The van der Waals surface area contributed by atoms with Gasteiger partial charge in [0.25, 0.3) is 0 Å². The summed E-state index contributed by atoms with van der Waals surface area (Å²) in [5.41, 5.74) is -2.77. The van der Waals surface area contributed by atoms with Gasteiger partial charge in [0.2, 0.25) is 0 Å². The molecule has 0 heterocycles. The zero-order valence-corrected chi connectivity index (χ0v) is 11.4. The van der Waals surface area contributed by atoms with Crippen molar-refractivity contribution in [2.24, 2.45) is 0 Å². The largest absolute Gasteiger partial charge is 0.461 e. The summed E-state index contributed by atoms with van der Waals surface area (Å²) in [6.07, 6.45) is -0.362. The summed E-state index contributed by atoms with van der Waals surface area (Å²) in [7, 11) is 0. The van der Waals surface area contributed by atoms with E-state index in [9.17, 15) is 18.7 Å². The van der Waals surface area contributed by atoms with E-state index < -0.39 is 17.5 Å². The molecule has 1 rings (SSSR count). The lowest BCUT2D eigenvalue weighted by Crippen LogP contribution is -2.51. The van der Waals surface area contributed by atoms with Crippen molar-refractivity contribution in [3.63, 3.8) is 0 Å². The number of hydrogen-bond acceptors (Lipinski definition) is 3. The fraction of sp³-hybridized carbons (Fsp3) is 0.462. The molecule has 106 valence electrons. The molecule has 0 aliphatic carbocycles. The fourth-order valence-electron chi connectivity index (χ4n) is 1.74. The third kappa shape index (κ3) is 2.87. The van der Waals surface area contributed by atoms with Crippen molar-refractivity contribution in [1.29, 1.82) is 0 Å². The van der Waals surface area contributed by atoms with Crippen LogP contribution in [0.25, 0.3) is 0 Å². The SMILES string of the molecule is CCOC(=O)C(F)(F)C(O)(CC)c1cccc(Cl)c1. The van der Waals surface area contributed by atoms with Crippen LogP contribution in [0.2, 0.25) is 5.02 Å². The van der Waals surface area contributed by atoms with Crippen molar-refractivity contribution in [3.05, 3.63) is 34.9 Å². The summed E-state index contributed by atoms with van der Waals surface area (Å²) < 4.78 is 32.5. The molecule has 1 aromatic rings. The minimum absolute atomic E-state index is 0.124. The molecule has 19 heavy (non-hydrogen) atoms. The molecule has 1 unspecified atom stereocenters. The van der Waals surface area contributed by atoms with Gasteiger partial charge in [-0.15, -0.1) is 0 Å². The Bertz CT molecular complexity index is 465. The Morgan fingerprint density at radius 2 is 2.05 bits per heavy atom. The number of esters is 1. The summed E-state index contributed by atoms with van der Waals surface area (Å²) in [5, 5.41) is 10.4. The van der Waals surface area contributed by atoms with Gasteiger partial charge in [0.05, 0.1) is 6.61 Å². The number of carbonyl (C=O) groups excluding carboxylic acids is 1. The number of ether oxygens (including phenoxy) is 1. The second-order valence-corrected chi connectivity index (χ2v) is 4.46. The Morgan fingerprint density at radius 1 is 1.42 bits per heavy atom. The molecule has 3 nitrogen and oxygen atoms in total. The highest BCUT2D eigenvalue weighted by molar-refractivity contribution is 6.30. The summed E-state index contributed by atoms with van der Waals surface area (Å²) >= 11 is 5.73. The molecule has 0 fully saturated rings. The Morgan fingerprint density at radius 3 is 2.53 bits per heavy atom. The van der Waals surface area contributed by atoms with Crippen molar-refractivity contribution >= 4 is 17.6 Å². The molecule has 0 radical (unpaired) electrons. The smallest absolute Gasteiger partial charge is 0.380 e. The van der Waals surface area contributed by atoms with Gasteiger partial charge < -0.3 is 9.84 Å². The van der Waals surface area contributed by atoms with Crippen LogP contribution in [-0.4, -0.2) is 23.6 Å². The van der Waals surface area contributed by atoms with Crippen molar-refractivity contribution in [2.75, 3.05) is 6.61 Å². The van der Waals surface area contributed by atoms with Crippen LogP contribution < -0.4 is 0 Å². The van der Waals surface area contributed by atoms with E-state index in [1.807, 2.05) is 0 Å². The first-order valence-corrected chi connectivity index (χ1v) is 6.20. The molecule has 1 N–H and O–H groups in total. The van der Waals surface area contributed by atoms with Crippen LogP contribution in [0.4, 0.5) is 8.78 Å². The van der Waals surface area contributed by atoms with Gasteiger partial charge in [0.15, 0.2) is 5.60 Å². The van der Waals surface area contributed by atoms with E-state index in [2.05, 4.69) is 4.74 Å². The Hall–Kier alpha value is -1.20. The first-order valence-electron chi connectivity index (χ1n) is 5.83. The van der Waals surface area contributed by atoms with E-state index in [1.54, 1.807) is 0 Å². The van der Waals surface area contributed by atoms with Crippen LogP contribution in [-0.2, 0) is 15.1 Å². The van der Waals surface area contributed by atoms with Crippen molar-refractivity contribution < 1.29 is 23.4 Å². The molecule has 0 aromatic heterocycles. The Kier molecular flexibility index (Phi) is 4.87. The van der Waals surface area contributed by atoms with Gasteiger partial charge in [-0.1, -0.05) is 30.7 Å². The second-order valence-electron chi connectivity index (χ2n) is 4.02. The molecule has 0 saturated heterocycles. The molecule has 0 spiro atoms. The van der Waals surface area contributed by atoms with Gasteiger partial charge in [-0.2, -0.15) is 8.78 Å². The third-order valence-electron chi connectivity index (χ3n) is 2.87. The lowest BCUT2D eigenvalue weighted by atomic mass is 9.85. The van der Waals surface area contributed by atoms with Crippen LogP contribution in [0.3, 0.4) is 0 Å². The van der Waals surface area contributed by atoms with E-state index in [0.717, 1.165) is 0 Å². The van der Waals surface area contributed by atoms with Crippen molar-refractivity contribution in [2.45, 2.75) is 31.8 Å². The highest BCUT2D eigenvalue weighted by Crippen LogP contribution is 2.41. The highest BCUT2D eigenvalue weighted by Gasteiger charge is 2.59. The fourth-order valence-corrected chi connectivity index (χ4v) is 1.93. The van der Waals surface area contributed by atoms with Gasteiger partial charge in [0.1, 0.15) is 0 Å². The average Bonchev–Trinajstić information content (AvgIpc) is 2.37. The van der Waals surface area contributed by atoms with E-state index >= 15 is 0 Å². The van der Waals surface area contributed by atoms with Crippen LogP contribution >= 0.6 is 11.6 Å². The molecule has 6 heteroatoms. The maximum atomic E-state index is 14.1. The predicted octanol–water partition coefficient (Wildman–Crippen LogP) is 3.14. The van der Waals surface area contributed by atoms with E-state index in [1.165, 1.54) is 38.1 Å². The molecule has 1 aromatic carbocycles. The Balaban J connectivity index is 3.26. The standard InChI is InChI=1S/C13H15ClF2O3/c1-3-12(18,9-6-5-7-10(14)8-9)13(15,16)11(17)19-4-2/h5-8,18H,3-4H2,1-2H3. The zero-order chi connectivity index (χ0) is 14.7. The number of hydrogen-bond donors (Lipinski definition) is 1. The third-order valence-corrected chi connectivity index (χ3v) is 3.10.